The maximum absolute atomic E-state index is 13.5. The van der Waals surface area contributed by atoms with Crippen LogP contribution in [0.25, 0.3) is 0 Å². The van der Waals surface area contributed by atoms with Gasteiger partial charge in [0.05, 0.1) is 21.0 Å². The molecule has 1 aromatic rings. The molecule has 0 radical (unpaired) electrons. The molecule has 5 fully saturated rings. The second-order valence-electron chi connectivity index (χ2n) is 10.4. The minimum Gasteiger partial charge on any atom is -0.369 e. The normalized spacial score (nSPS) is 35.2. The molecule has 6 rings (SSSR count). The summed E-state index contributed by atoms with van der Waals surface area (Å²) < 4.78 is 28.7. The lowest BCUT2D eigenvalue weighted by Gasteiger charge is -2.61. The zero-order valence-electron chi connectivity index (χ0n) is 17.1. The van der Waals surface area contributed by atoms with Crippen LogP contribution in [0, 0.1) is 22.7 Å². The van der Waals surface area contributed by atoms with Crippen molar-refractivity contribution < 1.29 is 18.0 Å². The van der Waals surface area contributed by atoms with Gasteiger partial charge in [0.25, 0.3) is 0 Å². The van der Waals surface area contributed by atoms with Gasteiger partial charge in [0, 0.05) is 6.42 Å². The van der Waals surface area contributed by atoms with Gasteiger partial charge >= 0.3 is 0 Å². The number of Topliss-reactive ketones (excluding diaryl/α,β-unsaturated/α-hetero) is 1. The number of benzene rings is 1. The van der Waals surface area contributed by atoms with Gasteiger partial charge in [-0.3, -0.25) is 9.59 Å². The third kappa shape index (κ3) is 3.52. The average Bonchev–Trinajstić information content (AvgIpc) is 3.39. The first-order chi connectivity index (χ1) is 14.5. The van der Waals surface area contributed by atoms with Crippen LogP contribution in [0.3, 0.4) is 0 Å². The van der Waals surface area contributed by atoms with E-state index < -0.39 is 21.0 Å². The number of hydrogen-bond donors (Lipinski definition) is 2. The number of amides is 1. The summed E-state index contributed by atoms with van der Waals surface area (Å²) in [6.45, 7) is 0. The van der Waals surface area contributed by atoms with Crippen molar-refractivity contribution in [3.63, 3.8) is 0 Å². The molecular weight excluding hydrogens is 459 g/mol. The van der Waals surface area contributed by atoms with Crippen molar-refractivity contribution >= 4 is 44.9 Å². The monoisotopic (exact) mass is 484 g/mol. The van der Waals surface area contributed by atoms with Gasteiger partial charge in [-0.1, -0.05) is 29.3 Å². The van der Waals surface area contributed by atoms with Crippen LogP contribution in [-0.4, -0.2) is 25.6 Å². The molecule has 31 heavy (non-hydrogen) atoms. The Kier molecular flexibility index (Phi) is 4.84. The second-order valence-corrected chi connectivity index (χ2v) is 12.9. The molecule has 2 unspecified atom stereocenters. The molecule has 0 aliphatic heterocycles. The van der Waals surface area contributed by atoms with Crippen molar-refractivity contribution in [2.75, 3.05) is 0 Å². The highest BCUT2D eigenvalue weighted by Gasteiger charge is 2.62. The van der Waals surface area contributed by atoms with Gasteiger partial charge in [0.15, 0.2) is 5.78 Å². The fourth-order valence-corrected chi connectivity index (χ4v) is 9.66. The number of hydrogen-bond acceptors (Lipinski definition) is 4. The number of halogens is 2. The smallest absolute Gasteiger partial charge is 0.244 e. The molecule has 5 aliphatic carbocycles. The summed E-state index contributed by atoms with van der Waals surface area (Å²) in [5.74, 6) is 0.514. The van der Waals surface area contributed by atoms with E-state index >= 15 is 0 Å². The van der Waals surface area contributed by atoms with Crippen molar-refractivity contribution in [3.8, 4) is 0 Å². The molecule has 3 N–H and O–H groups in total. The molecule has 5 aliphatic rings. The molecule has 5 saturated carbocycles. The van der Waals surface area contributed by atoms with Crippen LogP contribution in [-0.2, 0) is 19.6 Å². The number of rotatable bonds is 7. The molecular formula is C22H26Cl2N2O4S. The molecule has 6 nitrogen and oxygen atoms in total. The molecule has 1 amide bonds. The van der Waals surface area contributed by atoms with E-state index in [1.165, 1.54) is 12.1 Å². The predicted octanol–water partition coefficient (Wildman–Crippen LogP) is 3.84. The Labute approximate surface area is 192 Å². The lowest BCUT2D eigenvalue weighted by Crippen LogP contribution is -2.58. The van der Waals surface area contributed by atoms with Crippen LogP contribution in [0.5, 0.6) is 0 Å². The Hall–Kier alpha value is -1.15. The third-order valence-corrected chi connectivity index (χ3v) is 10.5. The number of carbonyl (C=O) groups excluding carboxylic acids is 2. The summed E-state index contributed by atoms with van der Waals surface area (Å²) in [5.41, 5.74) is 3.96. The second kappa shape index (κ2) is 6.92. The van der Waals surface area contributed by atoms with Crippen LogP contribution in [0.4, 0.5) is 0 Å². The van der Waals surface area contributed by atoms with Crippen molar-refractivity contribution in [3.05, 3.63) is 28.2 Å². The molecule has 0 heterocycles. The standard InChI is InChI=1S/C22H26Cl2N2O4S/c23-15-2-1-3-16(24)18(15)31(29,30)26-22(4-5-22)17(27)11-20-7-13-6-14(8-20)10-21(9-13,12-20)19(25)28/h1-3,13-14,26H,4-12H2,(H2,25,28). The van der Waals surface area contributed by atoms with Crippen molar-refractivity contribution in [2.45, 2.75) is 68.2 Å². The van der Waals surface area contributed by atoms with Gasteiger partial charge in [0.1, 0.15) is 4.90 Å². The SMILES string of the molecule is NC(=O)C12CC3CC(CC(CC(=O)C4(NS(=O)(=O)c5c(Cl)cccc5Cl)CC4)(C3)C1)C2. The van der Waals surface area contributed by atoms with Crippen LogP contribution in [0.2, 0.25) is 10.0 Å². The van der Waals surface area contributed by atoms with E-state index in [0.29, 0.717) is 31.1 Å². The van der Waals surface area contributed by atoms with E-state index in [9.17, 15) is 18.0 Å². The maximum atomic E-state index is 13.5. The van der Waals surface area contributed by atoms with E-state index in [2.05, 4.69) is 4.72 Å². The topological polar surface area (TPSA) is 106 Å². The molecule has 9 heteroatoms. The average molecular weight is 485 g/mol. The van der Waals surface area contributed by atoms with Gasteiger partial charge in [-0.2, -0.15) is 4.72 Å². The first kappa shape index (κ1) is 21.7. The van der Waals surface area contributed by atoms with Crippen molar-refractivity contribution in [1.29, 1.82) is 0 Å². The highest BCUT2D eigenvalue weighted by molar-refractivity contribution is 7.89. The van der Waals surface area contributed by atoms with Gasteiger partial charge in [-0.25, -0.2) is 8.42 Å². The van der Waals surface area contributed by atoms with E-state index in [1.807, 2.05) is 0 Å². The molecule has 0 spiro atoms. The highest BCUT2D eigenvalue weighted by atomic mass is 35.5. The Morgan fingerprint density at radius 1 is 1.06 bits per heavy atom. The molecule has 1 aromatic carbocycles. The van der Waals surface area contributed by atoms with Crippen molar-refractivity contribution in [2.24, 2.45) is 28.4 Å². The number of primary amides is 1. The summed E-state index contributed by atoms with van der Waals surface area (Å²) >= 11 is 12.2. The van der Waals surface area contributed by atoms with Crippen LogP contribution in [0.15, 0.2) is 23.1 Å². The van der Waals surface area contributed by atoms with Gasteiger partial charge in [-0.05, 0) is 80.8 Å². The van der Waals surface area contributed by atoms with E-state index in [-0.39, 0.29) is 38.5 Å². The molecule has 168 valence electrons. The zero-order valence-corrected chi connectivity index (χ0v) is 19.5. The molecule has 0 saturated heterocycles. The summed E-state index contributed by atoms with van der Waals surface area (Å²) in [7, 11) is -4.06. The Bertz CT molecular complexity index is 1050. The van der Waals surface area contributed by atoms with Crippen LogP contribution >= 0.6 is 23.2 Å². The van der Waals surface area contributed by atoms with E-state index in [1.54, 1.807) is 6.07 Å². The van der Waals surface area contributed by atoms with Gasteiger partial charge in [-0.15, -0.1) is 0 Å². The predicted molar refractivity (Wildman–Crippen MR) is 117 cm³/mol. The van der Waals surface area contributed by atoms with E-state index in [0.717, 1.165) is 32.1 Å². The first-order valence-electron chi connectivity index (χ1n) is 10.8. The number of carbonyl (C=O) groups is 2. The minimum absolute atomic E-state index is 0.0210. The largest absolute Gasteiger partial charge is 0.369 e. The highest BCUT2D eigenvalue weighted by Crippen LogP contribution is 2.66. The maximum Gasteiger partial charge on any atom is 0.244 e. The minimum atomic E-state index is -4.06. The van der Waals surface area contributed by atoms with E-state index in [4.69, 9.17) is 28.9 Å². The number of nitrogens with two attached hydrogens (primary N) is 1. The summed E-state index contributed by atoms with van der Waals surface area (Å²) in [6, 6.07) is 4.49. The quantitative estimate of drug-likeness (QED) is 0.612. The van der Waals surface area contributed by atoms with Gasteiger partial charge < -0.3 is 5.73 Å². The Balaban J connectivity index is 1.38. The van der Waals surface area contributed by atoms with Gasteiger partial charge in [0.2, 0.25) is 15.9 Å². The fourth-order valence-electron chi connectivity index (χ4n) is 7.07. The Morgan fingerprint density at radius 2 is 1.65 bits per heavy atom. The summed E-state index contributed by atoms with van der Waals surface area (Å²) in [4.78, 5) is 25.6. The van der Waals surface area contributed by atoms with Crippen molar-refractivity contribution in [1.82, 2.24) is 4.72 Å². The summed E-state index contributed by atoms with van der Waals surface area (Å²) in [5, 5.41) is 0.0421. The zero-order chi connectivity index (χ0) is 22.2. The first-order valence-corrected chi connectivity index (χ1v) is 13.0. The Morgan fingerprint density at radius 3 is 2.16 bits per heavy atom. The number of nitrogens with one attached hydrogen (secondary N) is 1. The lowest BCUT2D eigenvalue weighted by atomic mass is 9.43. The summed E-state index contributed by atoms with van der Waals surface area (Å²) in [6.07, 6.45) is 6.45. The third-order valence-electron chi connectivity index (χ3n) is 8.04. The fraction of sp³-hybridized carbons (Fsp3) is 0.636. The number of sulfonamides is 1. The number of ketones is 1. The lowest BCUT2D eigenvalue weighted by molar-refractivity contribution is -0.158. The van der Waals surface area contributed by atoms with Crippen LogP contribution in [0.1, 0.15) is 57.8 Å². The molecule has 4 bridgehead atoms. The molecule has 0 aromatic heterocycles. The van der Waals surface area contributed by atoms with Crippen LogP contribution < -0.4 is 10.5 Å². The molecule has 2 atom stereocenters.